The Balaban J connectivity index is 3.19. The summed E-state index contributed by atoms with van der Waals surface area (Å²) < 4.78 is 68.3. The SMILES string of the molecule is COc1cc(C(F)F)c(Br)nc1OC(F)(F)F. The number of ether oxygens (including phenoxy) is 2. The summed E-state index contributed by atoms with van der Waals surface area (Å²) in [6, 6.07) is 0.725. The zero-order valence-electron chi connectivity index (χ0n) is 8.19. The highest BCUT2D eigenvalue weighted by atomic mass is 79.9. The third-order valence-corrected chi connectivity index (χ3v) is 2.24. The van der Waals surface area contributed by atoms with Gasteiger partial charge in [-0.3, -0.25) is 0 Å². The molecule has 0 aliphatic carbocycles. The Kier molecular flexibility index (Phi) is 4.12. The first-order valence-electron chi connectivity index (χ1n) is 4.03. The zero-order chi connectivity index (χ0) is 13.2. The van der Waals surface area contributed by atoms with E-state index in [1.54, 1.807) is 0 Å². The van der Waals surface area contributed by atoms with E-state index in [0.29, 0.717) is 0 Å². The summed E-state index contributed by atoms with van der Waals surface area (Å²) in [5.41, 5.74) is -0.587. The third-order valence-electron chi connectivity index (χ3n) is 1.60. The normalized spacial score (nSPS) is 11.8. The van der Waals surface area contributed by atoms with Crippen molar-refractivity contribution in [1.29, 1.82) is 0 Å². The summed E-state index contributed by atoms with van der Waals surface area (Å²) in [4.78, 5) is 3.22. The van der Waals surface area contributed by atoms with Crippen molar-refractivity contribution < 1.29 is 31.4 Å². The lowest BCUT2D eigenvalue weighted by atomic mass is 10.3. The Morgan fingerprint density at radius 2 is 1.94 bits per heavy atom. The second-order valence-corrected chi connectivity index (χ2v) is 3.48. The average molecular weight is 322 g/mol. The first-order valence-corrected chi connectivity index (χ1v) is 4.82. The van der Waals surface area contributed by atoms with Crippen LogP contribution in [0.15, 0.2) is 10.7 Å². The molecule has 3 nitrogen and oxygen atoms in total. The second kappa shape index (κ2) is 5.03. The number of pyridine rings is 1. The van der Waals surface area contributed by atoms with Gasteiger partial charge in [0.1, 0.15) is 4.60 Å². The minimum atomic E-state index is -4.98. The molecule has 1 aromatic heterocycles. The molecule has 0 N–H and O–H groups in total. The minimum Gasteiger partial charge on any atom is -0.491 e. The van der Waals surface area contributed by atoms with E-state index in [-0.39, 0.29) is 0 Å². The van der Waals surface area contributed by atoms with E-state index >= 15 is 0 Å². The molecule has 0 fully saturated rings. The van der Waals surface area contributed by atoms with Crippen LogP contribution in [0.5, 0.6) is 11.6 Å². The number of methoxy groups -OCH3 is 1. The van der Waals surface area contributed by atoms with E-state index in [1.165, 1.54) is 0 Å². The Morgan fingerprint density at radius 3 is 2.35 bits per heavy atom. The van der Waals surface area contributed by atoms with Gasteiger partial charge in [0.15, 0.2) is 5.75 Å². The summed E-state index contributed by atoms with van der Waals surface area (Å²) in [5, 5.41) is 0. The van der Waals surface area contributed by atoms with Crippen LogP contribution in [0, 0.1) is 0 Å². The number of nitrogens with zero attached hydrogens (tertiary/aromatic N) is 1. The summed E-state index contributed by atoms with van der Waals surface area (Å²) in [7, 11) is 1.02. The first-order chi connectivity index (χ1) is 7.74. The van der Waals surface area contributed by atoms with Crippen LogP contribution in [-0.4, -0.2) is 18.5 Å². The van der Waals surface area contributed by atoms with Crippen molar-refractivity contribution in [3.05, 3.63) is 16.2 Å². The molecule has 0 aliphatic heterocycles. The number of hydrogen-bond acceptors (Lipinski definition) is 3. The van der Waals surface area contributed by atoms with E-state index in [0.717, 1.165) is 13.2 Å². The maximum absolute atomic E-state index is 12.4. The molecule has 0 radical (unpaired) electrons. The van der Waals surface area contributed by atoms with Crippen molar-refractivity contribution in [2.45, 2.75) is 12.8 Å². The predicted molar refractivity (Wildman–Crippen MR) is 50.1 cm³/mol. The molecule has 1 heterocycles. The Hall–Kier alpha value is -1.12. The van der Waals surface area contributed by atoms with E-state index in [1.807, 2.05) is 0 Å². The molecule has 0 amide bonds. The lowest BCUT2D eigenvalue weighted by Crippen LogP contribution is -2.18. The van der Waals surface area contributed by atoms with Crippen LogP contribution < -0.4 is 9.47 Å². The van der Waals surface area contributed by atoms with Crippen LogP contribution in [-0.2, 0) is 0 Å². The third kappa shape index (κ3) is 3.69. The predicted octanol–water partition coefficient (Wildman–Crippen LogP) is 3.69. The number of alkyl halides is 5. The van der Waals surface area contributed by atoms with Crippen molar-refractivity contribution in [3.8, 4) is 11.6 Å². The van der Waals surface area contributed by atoms with E-state index < -0.39 is 34.6 Å². The molecule has 9 heteroatoms. The van der Waals surface area contributed by atoms with Gasteiger partial charge in [0, 0.05) is 0 Å². The molecule has 0 atom stereocenters. The number of aromatic nitrogens is 1. The zero-order valence-corrected chi connectivity index (χ0v) is 9.77. The van der Waals surface area contributed by atoms with Crippen LogP contribution in [0.4, 0.5) is 22.0 Å². The Labute approximate surface area is 101 Å². The summed E-state index contributed by atoms with van der Waals surface area (Å²) in [6.45, 7) is 0. The van der Waals surface area contributed by atoms with Gasteiger partial charge in [-0.1, -0.05) is 0 Å². The molecule has 0 unspecified atom stereocenters. The Morgan fingerprint density at radius 1 is 1.35 bits per heavy atom. The number of hydrogen-bond donors (Lipinski definition) is 0. The van der Waals surface area contributed by atoms with Gasteiger partial charge in [-0.25, -0.2) is 13.8 Å². The smallest absolute Gasteiger partial charge is 0.491 e. The van der Waals surface area contributed by atoms with Gasteiger partial charge in [0.25, 0.3) is 12.3 Å². The van der Waals surface area contributed by atoms with Crippen molar-refractivity contribution in [1.82, 2.24) is 4.98 Å². The highest BCUT2D eigenvalue weighted by Gasteiger charge is 2.34. The molecule has 0 spiro atoms. The quantitative estimate of drug-likeness (QED) is 0.628. The highest BCUT2D eigenvalue weighted by Crippen LogP contribution is 2.36. The van der Waals surface area contributed by atoms with E-state index in [4.69, 9.17) is 0 Å². The standard InChI is InChI=1S/C8H5BrF5NO2/c1-16-4-2-3(6(10)11)5(9)15-7(4)17-8(12,13)14/h2,6H,1H3. The maximum atomic E-state index is 12.4. The largest absolute Gasteiger partial charge is 0.574 e. The first kappa shape index (κ1) is 13.9. The molecular formula is C8H5BrF5NO2. The second-order valence-electron chi connectivity index (χ2n) is 2.72. The van der Waals surface area contributed by atoms with E-state index in [9.17, 15) is 22.0 Å². The molecular weight excluding hydrogens is 317 g/mol. The molecule has 0 bridgehead atoms. The van der Waals surface area contributed by atoms with Gasteiger partial charge < -0.3 is 9.47 Å². The minimum absolute atomic E-state index is 0.437. The molecule has 0 saturated heterocycles. The van der Waals surface area contributed by atoms with Crippen LogP contribution in [0.25, 0.3) is 0 Å². The number of rotatable bonds is 3. The van der Waals surface area contributed by atoms with Gasteiger partial charge in [0.2, 0.25) is 0 Å². The fourth-order valence-electron chi connectivity index (χ4n) is 0.953. The summed E-state index contributed by atoms with van der Waals surface area (Å²) >= 11 is 2.62. The molecule has 17 heavy (non-hydrogen) atoms. The summed E-state index contributed by atoms with van der Waals surface area (Å²) in [5.74, 6) is -1.46. The average Bonchev–Trinajstić information content (AvgIpc) is 2.14. The van der Waals surface area contributed by atoms with Crippen molar-refractivity contribution in [2.75, 3.05) is 7.11 Å². The van der Waals surface area contributed by atoms with E-state index in [2.05, 4.69) is 30.4 Å². The van der Waals surface area contributed by atoms with Crippen LogP contribution >= 0.6 is 15.9 Å². The maximum Gasteiger partial charge on any atom is 0.574 e. The topological polar surface area (TPSA) is 31.4 Å². The van der Waals surface area contributed by atoms with Crippen molar-refractivity contribution in [2.24, 2.45) is 0 Å². The summed E-state index contributed by atoms with van der Waals surface area (Å²) in [6.07, 6.45) is -7.88. The van der Waals surface area contributed by atoms with Crippen LogP contribution in [0.3, 0.4) is 0 Å². The molecule has 96 valence electrons. The molecule has 1 rings (SSSR count). The fourth-order valence-corrected chi connectivity index (χ4v) is 1.40. The fraction of sp³-hybridized carbons (Fsp3) is 0.375. The molecule has 0 saturated carbocycles. The lowest BCUT2D eigenvalue weighted by Gasteiger charge is -2.13. The van der Waals surface area contributed by atoms with Crippen molar-refractivity contribution >= 4 is 15.9 Å². The van der Waals surface area contributed by atoms with Crippen LogP contribution in [0.2, 0.25) is 0 Å². The molecule has 0 aliphatic rings. The van der Waals surface area contributed by atoms with Crippen molar-refractivity contribution in [3.63, 3.8) is 0 Å². The van der Waals surface area contributed by atoms with Gasteiger partial charge >= 0.3 is 6.36 Å². The lowest BCUT2D eigenvalue weighted by molar-refractivity contribution is -0.276. The van der Waals surface area contributed by atoms with Crippen LogP contribution in [0.1, 0.15) is 12.0 Å². The van der Waals surface area contributed by atoms with Gasteiger partial charge in [-0.05, 0) is 22.0 Å². The molecule has 0 aromatic carbocycles. The number of halogens is 6. The van der Waals surface area contributed by atoms with Gasteiger partial charge in [-0.15, -0.1) is 13.2 Å². The van der Waals surface area contributed by atoms with Gasteiger partial charge in [0.05, 0.1) is 12.7 Å². The highest BCUT2D eigenvalue weighted by molar-refractivity contribution is 9.10. The van der Waals surface area contributed by atoms with Gasteiger partial charge in [-0.2, -0.15) is 0 Å². The Bertz CT molecular complexity index is 410. The monoisotopic (exact) mass is 321 g/mol. The molecule has 1 aromatic rings.